The highest BCUT2D eigenvalue weighted by Gasteiger charge is 2.18. The van der Waals surface area contributed by atoms with E-state index >= 15 is 0 Å². The summed E-state index contributed by atoms with van der Waals surface area (Å²) in [4.78, 5) is 0. The molecule has 0 aromatic rings. The van der Waals surface area contributed by atoms with Crippen molar-refractivity contribution < 1.29 is 5.11 Å². The molecule has 1 rings (SSSR count). The number of nitrogens with one attached hydrogen (secondary N) is 1. The van der Waals surface area contributed by atoms with Gasteiger partial charge >= 0.3 is 0 Å². The highest BCUT2D eigenvalue weighted by molar-refractivity contribution is 4.73. The van der Waals surface area contributed by atoms with Gasteiger partial charge in [0.15, 0.2) is 0 Å². The molecule has 1 saturated heterocycles. The van der Waals surface area contributed by atoms with E-state index < -0.39 is 0 Å². The summed E-state index contributed by atoms with van der Waals surface area (Å²) in [6.45, 7) is 4.19. The Morgan fingerprint density at radius 1 is 1.55 bits per heavy atom. The zero-order valence-electron chi connectivity index (χ0n) is 7.34. The molecule has 2 heteroatoms. The lowest BCUT2D eigenvalue weighted by molar-refractivity contribution is 0.101. The zero-order chi connectivity index (χ0) is 8.10. The molecule has 0 aliphatic carbocycles. The van der Waals surface area contributed by atoms with Gasteiger partial charge in [0.25, 0.3) is 0 Å². The summed E-state index contributed by atoms with van der Waals surface area (Å²) in [5.74, 6) is 0.502. The molecule has 1 heterocycles. The van der Waals surface area contributed by atoms with Crippen LogP contribution in [0, 0.1) is 5.92 Å². The van der Waals surface area contributed by atoms with Crippen LogP contribution in [0.4, 0.5) is 0 Å². The van der Waals surface area contributed by atoms with E-state index in [1.54, 1.807) is 0 Å². The van der Waals surface area contributed by atoms with Gasteiger partial charge < -0.3 is 10.4 Å². The fourth-order valence-corrected chi connectivity index (χ4v) is 1.71. The van der Waals surface area contributed by atoms with Gasteiger partial charge in [0.05, 0.1) is 6.10 Å². The standard InChI is InChI=1S/C9H19NO/c1-2-9(11)8-5-3-4-6-10-7-8/h8-11H,2-7H2,1H3. The Balaban J connectivity index is 2.30. The molecule has 2 atom stereocenters. The average Bonchev–Trinajstić information content (AvgIpc) is 2.30. The molecular weight excluding hydrogens is 138 g/mol. The Morgan fingerprint density at radius 2 is 2.36 bits per heavy atom. The summed E-state index contributed by atoms with van der Waals surface area (Å²) in [7, 11) is 0. The molecule has 0 spiro atoms. The van der Waals surface area contributed by atoms with E-state index in [9.17, 15) is 5.11 Å². The molecule has 2 unspecified atom stereocenters. The Morgan fingerprint density at radius 3 is 3.09 bits per heavy atom. The van der Waals surface area contributed by atoms with E-state index in [-0.39, 0.29) is 6.10 Å². The SMILES string of the molecule is CCC(O)C1CCCCNC1. The van der Waals surface area contributed by atoms with Crippen LogP contribution in [0.1, 0.15) is 32.6 Å². The number of aliphatic hydroxyl groups is 1. The lowest BCUT2D eigenvalue weighted by atomic mass is 9.95. The van der Waals surface area contributed by atoms with Gasteiger partial charge in [-0.1, -0.05) is 13.3 Å². The average molecular weight is 157 g/mol. The van der Waals surface area contributed by atoms with Gasteiger partial charge in [-0.05, 0) is 31.7 Å². The second-order valence-electron chi connectivity index (χ2n) is 3.44. The van der Waals surface area contributed by atoms with Crippen molar-refractivity contribution in [2.45, 2.75) is 38.7 Å². The fraction of sp³-hybridized carbons (Fsp3) is 1.00. The van der Waals surface area contributed by atoms with Crippen LogP contribution in [0.5, 0.6) is 0 Å². The largest absolute Gasteiger partial charge is 0.393 e. The van der Waals surface area contributed by atoms with Crippen molar-refractivity contribution >= 4 is 0 Å². The highest BCUT2D eigenvalue weighted by Crippen LogP contribution is 2.16. The van der Waals surface area contributed by atoms with Gasteiger partial charge in [-0.2, -0.15) is 0 Å². The van der Waals surface area contributed by atoms with Crippen LogP contribution in [0.3, 0.4) is 0 Å². The zero-order valence-corrected chi connectivity index (χ0v) is 7.34. The molecule has 0 bridgehead atoms. The van der Waals surface area contributed by atoms with Crippen LogP contribution in [0.25, 0.3) is 0 Å². The number of aliphatic hydroxyl groups excluding tert-OH is 1. The number of rotatable bonds is 2. The Kier molecular flexibility index (Phi) is 3.87. The topological polar surface area (TPSA) is 32.3 Å². The summed E-state index contributed by atoms with van der Waals surface area (Å²) in [5.41, 5.74) is 0. The molecule has 0 radical (unpaired) electrons. The summed E-state index contributed by atoms with van der Waals surface area (Å²) >= 11 is 0. The van der Waals surface area contributed by atoms with Crippen molar-refractivity contribution in [3.8, 4) is 0 Å². The molecule has 2 N–H and O–H groups in total. The van der Waals surface area contributed by atoms with Crippen LogP contribution in [-0.2, 0) is 0 Å². The third-order valence-corrected chi connectivity index (χ3v) is 2.55. The lowest BCUT2D eigenvalue weighted by Gasteiger charge is -2.19. The third-order valence-electron chi connectivity index (χ3n) is 2.55. The molecule has 1 aliphatic heterocycles. The first-order valence-electron chi connectivity index (χ1n) is 4.73. The normalized spacial score (nSPS) is 29.5. The van der Waals surface area contributed by atoms with Gasteiger partial charge in [-0.3, -0.25) is 0 Å². The molecule has 0 aromatic heterocycles. The smallest absolute Gasteiger partial charge is 0.0577 e. The van der Waals surface area contributed by atoms with Crippen LogP contribution < -0.4 is 5.32 Å². The van der Waals surface area contributed by atoms with Crippen LogP contribution in [0.15, 0.2) is 0 Å². The maximum atomic E-state index is 9.57. The number of hydrogen-bond acceptors (Lipinski definition) is 2. The molecule has 1 fully saturated rings. The van der Waals surface area contributed by atoms with Crippen molar-refractivity contribution in [1.29, 1.82) is 0 Å². The molecule has 0 saturated carbocycles. The first-order chi connectivity index (χ1) is 5.34. The monoisotopic (exact) mass is 157 g/mol. The molecule has 0 amide bonds. The maximum Gasteiger partial charge on any atom is 0.0577 e. The van der Waals surface area contributed by atoms with Crippen molar-refractivity contribution in [1.82, 2.24) is 5.32 Å². The molecule has 0 aromatic carbocycles. The van der Waals surface area contributed by atoms with Crippen LogP contribution in [-0.4, -0.2) is 24.3 Å². The minimum absolute atomic E-state index is 0.0828. The summed E-state index contributed by atoms with van der Waals surface area (Å²) in [6.07, 6.45) is 4.55. The minimum Gasteiger partial charge on any atom is -0.393 e. The Labute approximate surface area is 69.0 Å². The molecular formula is C9H19NO. The predicted molar refractivity (Wildman–Crippen MR) is 46.5 cm³/mol. The Bertz CT molecular complexity index is 97.7. The van der Waals surface area contributed by atoms with Crippen LogP contribution in [0.2, 0.25) is 0 Å². The third kappa shape index (κ3) is 2.80. The molecule has 1 aliphatic rings. The van der Waals surface area contributed by atoms with Gasteiger partial charge in [0.2, 0.25) is 0 Å². The minimum atomic E-state index is -0.0828. The quantitative estimate of drug-likeness (QED) is 0.630. The second-order valence-corrected chi connectivity index (χ2v) is 3.44. The van der Waals surface area contributed by atoms with E-state index in [1.807, 2.05) is 0 Å². The predicted octanol–water partition coefficient (Wildman–Crippen LogP) is 1.15. The summed E-state index contributed by atoms with van der Waals surface area (Å²) in [5, 5.41) is 12.9. The molecule has 2 nitrogen and oxygen atoms in total. The van der Waals surface area contributed by atoms with Gasteiger partial charge in [0, 0.05) is 6.54 Å². The fourth-order valence-electron chi connectivity index (χ4n) is 1.71. The van der Waals surface area contributed by atoms with E-state index in [1.165, 1.54) is 19.3 Å². The van der Waals surface area contributed by atoms with Crippen molar-refractivity contribution in [2.24, 2.45) is 5.92 Å². The summed E-state index contributed by atoms with van der Waals surface area (Å²) in [6, 6.07) is 0. The number of hydrogen-bond donors (Lipinski definition) is 2. The first-order valence-corrected chi connectivity index (χ1v) is 4.73. The van der Waals surface area contributed by atoms with Crippen molar-refractivity contribution in [3.05, 3.63) is 0 Å². The summed E-state index contributed by atoms with van der Waals surface area (Å²) < 4.78 is 0. The van der Waals surface area contributed by atoms with Gasteiger partial charge in [-0.15, -0.1) is 0 Å². The lowest BCUT2D eigenvalue weighted by Crippen LogP contribution is -2.29. The molecule has 11 heavy (non-hydrogen) atoms. The second kappa shape index (κ2) is 4.73. The van der Waals surface area contributed by atoms with Gasteiger partial charge in [-0.25, -0.2) is 0 Å². The van der Waals surface area contributed by atoms with E-state index in [0.717, 1.165) is 19.5 Å². The van der Waals surface area contributed by atoms with E-state index in [2.05, 4.69) is 12.2 Å². The van der Waals surface area contributed by atoms with Gasteiger partial charge in [0.1, 0.15) is 0 Å². The van der Waals surface area contributed by atoms with Crippen molar-refractivity contribution in [3.63, 3.8) is 0 Å². The van der Waals surface area contributed by atoms with E-state index in [4.69, 9.17) is 0 Å². The maximum absolute atomic E-state index is 9.57. The van der Waals surface area contributed by atoms with Crippen LogP contribution >= 0.6 is 0 Å². The van der Waals surface area contributed by atoms with Crippen molar-refractivity contribution in [2.75, 3.05) is 13.1 Å². The Hall–Kier alpha value is -0.0800. The molecule has 66 valence electrons. The van der Waals surface area contributed by atoms with E-state index in [0.29, 0.717) is 5.92 Å². The highest BCUT2D eigenvalue weighted by atomic mass is 16.3. The first kappa shape index (κ1) is 9.01.